The molecule has 0 radical (unpaired) electrons. The lowest BCUT2D eigenvalue weighted by atomic mass is 9.98. The van der Waals surface area contributed by atoms with Gasteiger partial charge in [0, 0.05) is 19.2 Å². The Hall–Kier alpha value is -1.69. The van der Waals surface area contributed by atoms with Gasteiger partial charge >= 0.3 is 0 Å². The Labute approximate surface area is 99.6 Å². The van der Waals surface area contributed by atoms with Crippen LogP contribution in [0.15, 0.2) is 18.3 Å². The van der Waals surface area contributed by atoms with Crippen molar-refractivity contribution in [2.45, 2.75) is 12.8 Å². The van der Waals surface area contributed by atoms with Crippen LogP contribution in [-0.2, 0) is 0 Å². The topological polar surface area (TPSA) is 85.3 Å². The van der Waals surface area contributed by atoms with Gasteiger partial charge in [-0.1, -0.05) is 0 Å². The van der Waals surface area contributed by atoms with Gasteiger partial charge in [0.05, 0.1) is 4.92 Å². The lowest BCUT2D eigenvalue weighted by Gasteiger charge is -2.32. The minimum atomic E-state index is -0.435. The molecule has 1 saturated heterocycles. The fourth-order valence-corrected chi connectivity index (χ4v) is 2.14. The quantitative estimate of drug-likeness (QED) is 0.628. The fraction of sp³-hybridized carbons (Fsp3) is 0.545. The number of nitrogens with zero attached hydrogens (tertiary/aromatic N) is 3. The first-order chi connectivity index (χ1) is 8.20. The van der Waals surface area contributed by atoms with Gasteiger partial charge in [0.15, 0.2) is 0 Å². The van der Waals surface area contributed by atoms with E-state index >= 15 is 0 Å². The molecule has 1 aromatic rings. The number of pyridine rings is 1. The molecule has 0 saturated carbocycles. The Morgan fingerprint density at radius 3 is 3.00 bits per heavy atom. The summed E-state index contributed by atoms with van der Waals surface area (Å²) in [6, 6.07) is 3.20. The van der Waals surface area contributed by atoms with Crippen LogP contribution in [0.25, 0.3) is 0 Å². The summed E-state index contributed by atoms with van der Waals surface area (Å²) >= 11 is 0. The van der Waals surface area contributed by atoms with E-state index in [-0.39, 0.29) is 5.69 Å². The van der Waals surface area contributed by atoms with Gasteiger partial charge in [-0.15, -0.1) is 0 Å². The van der Waals surface area contributed by atoms with Gasteiger partial charge in [0.2, 0.25) is 0 Å². The van der Waals surface area contributed by atoms with Crippen molar-refractivity contribution in [1.29, 1.82) is 0 Å². The largest absolute Gasteiger partial charge is 0.356 e. The Balaban J connectivity index is 2.08. The number of piperidine rings is 1. The Morgan fingerprint density at radius 1 is 1.59 bits per heavy atom. The highest BCUT2D eigenvalue weighted by Crippen LogP contribution is 2.22. The second-order valence-corrected chi connectivity index (χ2v) is 4.32. The van der Waals surface area contributed by atoms with Gasteiger partial charge in [0.25, 0.3) is 5.69 Å². The highest BCUT2D eigenvalue weighted by molar-refractivity contribution is 5.43. The zero-order valence-corrected chi connectivity index (χ0v) is 9.58. The van der Waals surface area contributed by atoms with Crippen molar-refractivity contribution in [2.75, 3.05) is 24.5 Å². The molecule has 1 aromatic heterocycles. The first-order valence-electron chi connectivity index (χ1n) is 5.76. The SMILES string of the molecule is NCC1CCCN(c2ccc([N+](=O)[O-])cn2)C1. The summed E-state index contributed by atoms with van der Waals surface area (Å²) in [4.78, 5) is 16.4. The van der Waals surface area contributed by atoms with Crippen LogP contribution >= 0.6 is 0 Å². The predicted molar refractivity (Wildman–Crippen MR) is 64.9 cm³/mol. The first kappa shape index (κ1) is 11.8. The van der Waals surface area contributed by atoms with Crippen molar-refractivity contribution in [3.8, 4) is 0 Å². The number of hydrogen-bond donors (Lipinski definition) is 1. The zero-order chi connectivity index (χ0) is 12.3. The van der Waals surface area contributed by atoms with Gasteiger partial charge < -0.3 is 10.6 Å². The van der Waals surface area contributed by atoms with Crippen LogP contribution in [0.3, 0.4) is 0 Å². The molecule has 0 aromatic carbocycles. The van der Waals surface area contributed by atoms with Crippen LogP contribution < -0.4 is 10.6 Å². The molecule has 0 amide bonds. The smallest absolute Gasteiger partial charge is 0.287 e. The van der Waals surface area contributed by atoms with Crippen LogP contribution in [0.1, 0.15) is 12.8 Å². The van der Waals surface area contributed by atoms with Crippen LogP contribution in [0, 0.1) is 16.0 Å². The lowest BCUT2D eigenvalue weighted by molar-refractivity contribution is -0.385. The summed E-state index contributed by atoms with van der Waals surface area (Å²) in [6.45, 7) is 2.52. The van der Waals surface area contributed by atoms with E-state index in [0.717, 1.165) is 31.7 Å². The van der Waals surface area contributed by atoms with Crippen molar-refractivity contribution in [3.05, 3.63) is 28.4 Å². The molecule has 2 N–H and O–H groups in total. The molecule has 0 spiro atoms. The molecule has 1 aliphatic heterocycles. The van der Waals surface area contributed by atoms with E-state index < -0.39 is 4.92 Å². The Kier molecular flexibility index (Phi) is 3.53. The van der Waals surface area contributed by atoms with Crippen LogP contribution in [0.4, 0.5) is 11.5 Å². The maximum atomic E-state index is 10.5. The van der Waals surface area contributed by atoms with Gasteiger partial charge in [-0.25, -0.2) is 4.98 Å². The Morgan fingerprint density at radius 2 is 2.41 bits per heavy atom. The third kappa shape index (κ3) is 2.71. The van der Waals surface area contributed by atoms with Crippen molar-refractivity contribution in [3.63, 3.8) is 0 Å². The highest BCUT2D eigenvalue weighted by Gasteiger charge is 2.20. The van der Waals surface area contributed by atoms with E-state index in [2.05, 4.69) is 9.88 Å². The summed E-state index contributed by atoms with van der Waals surface area (Å²) < 4.78 is 0. The summed E-state index contributed by atoms with van der Waals surface area (Å²) in [5, 5.41) is 10.5. The maximum Gasteiger partial charge on any atom is 0.287 e. The molecular formula is C11H16N4O2. The molecule has 6 nitrogen and oxygen atoms in total. The number of rotatable bonds is 3. The molecular weight excluding hydrogens is 220 g/mol. The molecule has 1 fully saturated rings. The van der Waals surface area contributed by atoms with E-state index in [0.29, 0.717) is 12.5 Å². The molecule has 92 valence electrons. The average Bonchev–Trinajstić information content (AvgIpc) is 2.39. The molecule has 1 unspecified atom stereocenters. The van der Waals surface area contributed by atoms with Gasteiger partial charge in [-0.05, 0) is 31.4 Å². The predicted octanol–water partition coefficient (Wildman–Crippen LogP) is 1.16. The minimum Gasteiger partial charge on any atom is -0.356 e. The zero-order valence-electron chi connectivity index (χ0n) is 9.58. The third-order valence-corrected chi connectivity index (χ3v) is 3.12. The number of nitro groups is 1. The molecule has 17 heavy (non-hydrogen) atoms. The number of nitrogens with two attached hydrogens (primary N) is 1. The average molecular weight is 236 g/mol. The minimum absolute atomic E-state index is 0.0288. The second kappa shape index (κ2) is 5.09. The van der Waals surface area contributed by atoms with E-state index in [4.69, 9.17) is 5.73 Å². The van der Waals surface area contributed by atoms with Crippen molar-refractivity contribution < 1.29 is 4.92 Å². The summed E-state index contributed by atoms with van der Waals surface area (Å²) in [7, 11) is 0. The van der Waals surface area contributed by atoms with Crippen LogP contribution in [0.2, 0.25) is 0 Å². The highest BCUT2D eigenvalue weighted by atomic mass is 16.6. The lowest BCUT2D eigenvalue weighted by Crippen LogP contribution is -2.38. The number of hydrogen-bond acceptors (Lipinski definition) is 5. The second-order valence-electron chi connectivity index (χ2n) is 4.32. The molecule has 0 bridgehead atoms. The molecule has 2 heterocycles. The van der Waals surface area contributed by atoms with Gasteiger partial charge in [-0.2, -0.15) is 0 Å². The van der Waals surface area contributed by atoms with E-state index in [1.54, 1.807) is 6.07 Å². The van der Waals surface area contributed by atoms with Crippen molar-refractivity contribution in [2.24, 2.45) is 11.7 Å². The van der Waals surface area contributed by atoms with Crippen molar-refractivity contribution in [1.82, 2.24) is 4.98 Å². The first-order valence-corrected chi connectivity index (χ1v) is 5.76. The molecule has 0 aliphatic carbocycles. The summed E-state index contributed by atoms with van der Waals surface area (Å²) in [5.41, 5.74) is 5.70. The van der Waals surface area contributed by atoms with Crippen LogP contribution in [0.5, 0.6) is 0 Å². The van der Waals surface area contributed by atoms with E-state index in [1.165, 1.54) is 12.3 Å². The normalized spacial score (nSPS) is 20.3. The molecule has 6 heteroatoms. The Bertz CT molecular complexity index is 393. The summed E-state index contributed by atoms with van der Waals surface area (Å²) in [6.07, 6.45) is 3.56. The van der Waals surface area contributed by atoms with E-state index in [9.17, 15) is 10.1 Å². The molecule has 1 aliphatic rings. The summed E-state index contributed by atoms with van der Waals surface area (Å²) in [5.74, 6) is 1.30. The number of anilines is 1. The standard InChI is InChI=1S/C11H16N4O2/c12-6-9-2-1-5-14(8-9)11-4-3-10(7-13-11)15(16)17/h3-4,7,9H,1-2,5-6,8,12H2. The van der Waals surface area contributed by atoms with E-state index in [1.807, 2.05) is 0 Å². The fourth-order valence-electron chi connectivity index (χ4n) is 2.14. The number of aromatic nitrogens is 1. The maximum absolute atomic E-state index is 10.5. The van der Waals surface area contributed by atoms with Gasteiger partial charge in [-0.3, -0.25) is 10.1 Å². The van der Waals surface area contributed by atoms with Crippen molar-refractivity contribution >= 4 is 11.5 Å². The third-order valence-electron chi connectivity index (χ3n) is 3.12. The van der Waals surface area contributed by atoms with Gasteiger partial charge in [0.1, 0.15) is 12.0 Å². The molecule has 1 atom stereocenters. The van der Waals surface area contributed by atoms with Crippen LogP contribution in [-0.4, -0.2) is 29.5 Å². The monoisotopic (exact) mass is 236 g/mol. The molecule has 2 rings (SSSR count).